The minimum Gasteiger partial charge on any atom is -0.493 e. The number of ether oxygens (including phenoxy) is 3. The summed E-state index contributed by atoms with van der Waals surface area (Å²) < 4.78 is 17.0. The van der Waals surface area contributed by atoms with Crippen molar-refractivity contribution in [2.45, 2.75) is 51.7 Å². The third-order valence-corrected chi connectivity index (χ3v) is 5.86. The Labute approximate surface area is 207 Å². The summed E-state index contributed by atoms with van der Waals surface area (Å²) in [5.41, 5.74) is 1.53. The molecule has 190 valence electrons. The molecule has 0 radical (unpaired) electrons. The number of aliphatic hydroxyl groups is 1. The van der Waals surface area contributed by atoms with Crippen LogP contribution in [0.2, 0.25) is 0 Å². The molecule has 0 unspecified atom stereocenters. The van der Waals surface area contributed by atoms with Gasteiger partial charge in [-0.05, 0) is 38.3 Å². The number of methoxy groups -OCH3 is 1. The summed E-state index contributed by atoms with van der Waals surface area (Å²) in [6.07, 6.45) is 2.57. The zero-order valence-electron chi connectivity index (χ0n) is 20.8. The molecule has 8 heteroatoms. The first-order valence-corrected chi connectivity index (χ1v) is 12.1. The van der Waals surface area contributed by atoms with E-state index in [1.807, 2.05) is 44.2 Å². The van der Waals surface area contributed by atoms with Gasteiger partial charge in [-0.1, -0.05) is 30.3 Å². The molecule has 2 aromatic carbocycles. The monoisotopic (exact) mass is 484 g/mol. The Hall–Kier alpha value is -3.10. The quantitative estimate of drug-likeness (QED) is 0.446. The fraction of sp³-hybridized carbons (Fsp3) is 0.481. The van der Waals surface area contributed by atoms with Gasteiger partial charge in [0.25, 0.3) is 5.91 Å². The number of aliphatic hydroxyl groups excluding tert-OH is 1. The van der Waals surface area contributed by atoms with Crippen LogP contribution in [-0.4, -0.2) is 67.4 Å². The molecule has 2 N–H and O–H groups in total. The van der Waals surface area contributed by atoms with Crippen LogP contribution in [0.4, 0.5) is 5.69 Å². The number of anilines is 1. The lowest BCUT2D eigenvalue weighted by atomic mass is 10.1. The van der Waals surface area contributed by atoms with Crippen LogP contribution in [-0.2, 0) is 16.0 Å². The number of benzene rings is 2. The molecule has 1 fully saturated rings. The third-order valence-electron chi connectivity index (χ3n) is 5.86. The van der Waals surface area contributed by atoms with Crippen molar-refractivity contribution in [3.63, 3.8) is 0 Å². The second-order valence-electron chi connectivity index (χ2n) is 8.86. The molecular weight excluding hydrogens is 448 g/mol. The standard InChI is InChI=1S/C27H36N2O6/c1-19(2)34-13-8-14-35-25-17-23(28-26(31)15-20-9-5-4-6-10-20)22(16-24(25)33-3)27(32)29-12-7-11-21(29)18-30/h4-6,9-10,16-17,19,21,30H,7-8,11-15,18H2,1-3H3,(H,28,31)/t21-/m0/s1. The Morgan fingerprint density at radius 2 is 1.91 bits per heavy atom. The lowest BCUT2D eigenvalue weighted by Crippen LogP contribution is -2.38. The molecule has 1 heterocycles. The Morgan fingerprint density at radius 3 is 2.60 bits per heavy atom. The maximum absolute atomic E-state index is 13.5. The van der Waals surface area contributed by atoms with Crippen molar-refractivity contribution in [2.75, 3.05) is 38.8 Å². The van der Waals surface area contributed by atoms with Gasteiger partial charge in [-0.25, -0.2) is 0 Å². The van der Waals surface area contributed by atoms with Crippen LogP contribution < -0.4 is 14.8 Å². The first-order chi connectivity index (χ1) is 16.9. The average Bonchev–Trinajstić information content (AvgIpc) is 3.33. The van der Waals surface area contributed by atoms with Crippen molar-refractivity contribution in [1.29, 1.82) is 0 Å². The molecule has 1 aliphatic heterocycles. The second-order valence-corrected chi connectivity index (χ2v) is 8.86. The molecule has 0 aromatic heterocycles. The summed E-state index contributed by atoms with van der Waals surface area (Å²) in [5.74, 6) is 0.334. The first-order valence-electron chi connectivity index (χ1n) is 12.1. The van der Waals surface area contributed by atoms with Crippen LogP contribution in [0.1, 0.15) is 49.0 Å². The van der Waals surface area contributed by atoms with Gasteiger partial charge in [0.1, 0.15) is 0 Å². The maximum Gasteiger partial charge on any atom is 0.256 e. The number of amides is 2. The summed E-state index contributed by atoms with van der Waals surface area (Å²) in [6.45, 7) is 5.37. The first kappa shape index (κ1) is 26.5. The average molecular weight is 485 g/mol. The zero-order valence-corrected chi connectivity index (χ0v) is 20.8. The summed E-state index contributed by atoms with van der Waals surface area (Å²) in [4.78, 5) is 28.0. The van der Waals surface area contributed by atoms with Crippen LogP contribution in [0, 0.1) is 0 Å². The molecule has 1 aliphatic rings. The number of carbonyl (C=O) groups excluding carboxylic acids is 2. The second kappa shape index (κ2) is 13.1. The number of nitrogens with zero attached hydrogens (tertiary/aromatic N) is 1. The molecule has 0 spiro atoms. The Morgan fingerprint density at radius 1 is 1.14 bits per heavy atom. The van der Waals surface area contributed by atoms with Gasteiger partial charge in [-0.3, -0.25) is 9.59 Å². The van der Waals surface area contributed by atoms with Crippen molar-refractivity contribution in [3.8, 4) is 11.5 Å². The van der Waals surface area contributed by atoms with E-state index in [4.69, 9.17) is 14.2 Å². The SMILES string of the molecule is COc1cc(C(=O)N2CCC[C@H]2CO)c(NC(=O)Cc2ccccc2)cc1OCCCOC(C)C. The molecule has 35 heavy (non-hydrogen) atoms. The van der Waals surface area contributed by atoms with E-state index in [0.29, 0.717) is 48.9 Å². The lowest BCUT2D eigenvalue weighted by molar-refractivity contribution is -0.115. The predicted octanol–water partition coefficient (Wildman–Crippen LogP) is 3.67. The highest BCUT2D eigenvalue weighted by atomic mass is 16.5. The molecule has 0 bridgehead atoms. The number of rotatable bonds is 12. The van der Waals surface area contributed by atoms with Crippen LogP contribution in [0.5, 0.6) is 11.5 Å². The van der Waals surface area contributed by atoms with Crippen LogP contribution in [0.15, 0.2) is 42.5 Å². The molecule has 8 nitrogen and oxygen atoms in total. The number of carbonyl (C=O) groups is 2. The van der Waals surface area contributed by atoms with Crippen molar-refractivity contribution in [1.82, 2.24) is 4.90 Å². The molecule has 0 saturated carbocycles. The van der Waals surface area contributed by atoms with Crippen molar-refractivity contribution in [2.24, 2.45) is 0 Å². The van der Waals surface area contributed by atoms with E-state index in [1.54, 1.807) is 17.0 Å². The Kier molecular flexibility index (Phi) is 9.93. The molecule has 1 atom stereocenters. The van der Waals surface area contributed by atoms with Crippen LogP contribution >= 0.6 is 0 Å². The van der Waals surface area contributed by atoms with E-state index in [-0.39, 0.29) is 37.0 Å². The van der Waals surface area contributed by atoms with Gasteiger partial charge in [0.2, 0.25) is 5.91 Å². The van der Waals surface area contributed by atoms with Crippen LogP contribution in [0.25, 0.3) is 0 Å². The largest absolute Gasteiger partial charge is 0.493 e. The predicted molar refractivity (Wildman–Crippen MR) is 134 cm³/mol. The summed E-state index contributed by atoms with van der Waals surface area (Å²) in [5, 5.41) is 12.6. The number of nitrogens with one attached hydrogen (secondary N) is 1. The third kappa shape index (κ3) is 7.44. The van der Waals surface area contributed by atoms with Gasteiger partial charge in [0.05, 0.1) is 56.7 Å². The highest BCUT2D eigenvalue weighted by Gasteiger charge is 2.31. The van der Waals surface area contributed by atoms with E-state index < -0.39 is 0 Å². The van der Waals surface area contributed by atoms with Gasteiger partial charge in [0.15, 0.2) is 11.5 Å². The minimum atomic E-state index is -0.258. The highest BCUT2D eigenvalue weighted by Crippen LogP contribution is 2.35. The Balaban J connectivity index is 1.85. The summed E-state index contributed by atoms with van der Waals surface area (Å²) in [6, 6.07) is 12.4. The highest BCUT2D eigenvalue weighted by molar-refractivity contribution is 6.05. The van der Waals surface area contributed by atoms with E-state index >= 15 is 0 Å². The molecule has 3 rings (SSSR count). The van der Waals surface area contributed by atoms with E-state index in [9.17, 15) is 14.7 Å². The molecule has 1 saturated heterocycles. The van der Waals surface area contributed by atoms with Gasteiger partial charge in [0, 0.05) is 19.0 Å². The van der Waals surface area contributed by atoms with Crippen molar-refractivity contribution < 1.29 is 28.9 Å². The van der Waals surface area contributed by atoms with E-state index in [2.05, 4.69) is 5.32 Å². The molecule has 0 aliphatic carbocycles. The zero-order chi connectivity index (χ0) is 25.2. The van der Waals surface area contributed by atoms with Crippen LogP contribution in [0.3, 0.4) is 0 Å². The van der Waals surface area contributed by atoms with E-state index in [1.165, 1.54) is 7.11 Å². The molecule has 2 aromatic rings. The normalized spacial score (nSPS) is 15.3. The fourth-order valence-corrected chi connectivity index (χ4v) is 4.10. The maximum atomic E-state index is 13.5. The molecular formula is C27H36N2O6. The summed E-state index contributed by atoms with van der Waals surface area (Å²) >= 11 is 0. The van der Waals surface area contributed by atoms with Gasteiger partial charge in [-0.15, -0.1) is 0 Å². The smallest absolute Gasteiger partial charge is 0.256 e. The van der Waals surface area contributed by atoms with Crippen molar-refractivity contribution in [3.05, 3.63) is 53.6 Å². The van der Waals surface area contributed by atoms with Gasteiger partial charge in [-0.2, -0.15) is 0 Å². The number of hydrogen-bond donors (Lipinski definition) is 2. The van der Waals surface area contributed by atoms with E-state index in [0.717, 1.165) is 18.4 Å². The number of likely N-dealkylation sites (tertiary alicyclic amines) is 1. The minimum absolute atomic E-state index is 0.0990. The van der Waals surface area contributed by atoms with Gasteiger partial charge < -0.3 is 29.5 Å². The lowest BCUT2D eigenvalue weighted by Gasteiger charge is -2.25. The number of hydrogen-bond acceptors (Lipinski definition) is 6. The Bertz CT molecular complexity index is 979. The van der Waals surface area contributed by atoms with Crippen molar-refractivity contribution >= 4 is 17.5 Å². The van der Waals surface area contributed by atoms with Gasteiger partial charge >= 0.3 is 0 Å². The summed E-state index contributed by atoms with van der Waals surface area (Å²) in [7, 11) is 1.51. The topological polar surface area (TPSA) is 97.3 Å². The fourth-order valence-electron chi connectivity index (χ4n) is 4.10. The molecule has 2 amide bonds.